The zero-order valence-electron chi connectivity index (χ0n) is 34.7. The summed E-state index contributed by atoms with van der Waals surface area (Å²) in [5, 5.41) is 3.28. The summed E-state index contributed by atoms with van der Waals surface area (Å²) in [6, 6.07) is 13.7. The third kappa shape index (κ3) is 13.4. The van der Waals surface area contributed by atoms with Gasteiger partial charge in [0.15, 0.2) is 20.6 Å². The van der Waals surface area contributed by atoms with Gasteiger partial charge in [0.25, 0.3) is 0 Å². The summed E-state index contributed by atoms with van der Waals surface area (Å²) in [6.07, 6.45) is 7.87. The first-order valence-corrected chi connectivity index (χ1v) is 24.2. The molecule has 1 aliphatic carbocycles. The standard InChI is InChI=1S/C43H58Br2N6S4/c1-39(2,3)52-35-46-33(47-36(50-35)53-40(4,5)6)17-13-15-23-43(31-25-27(44)19-21-29(31)30-22-20-28(45)26-32(30)43)24-16-14-18-34-48-37(54-41(7,8)9)51-38(49-34)55-42(10,11)12/h19-22,25-26H,13-18,23-24H2,1-12H3. The van der Waals surface area contributed by atoms with E-state index in [2.05, 4.69) is 151 Å². The van der Waals surface area contributed by atoms with Gasteiger partial charge < -0.3 is 0 Å². The monoisotopic (exact) mass is 944 g/mol. The number of rotatable bonds is 14. The van der Waals surface area contributed by atoms with Gasteiger partial charge in [0, 0.05) is 46.2 Å². The molecule has 0 aliphatic heterocycles. The number of fused-ring (bicyclic) bond motifs is 3. The number of aromatic nitrogens is 6. The van der Waals surface area contributed by atoms with Gasteiger partial charge in [0.05, 0.1) is 0 Å². The average Bonchev–Trinajstić information content (AvgIpc) is 3.26. The van der Waals surface area contributed by atoms with E-state index in [0.29, 0.717) is 0 Å². The molecule has 298 valence electrons. The van der Waals surface area contributed by atoms with E-state index >= 15 is 0 Å². The molecular weight excluding hydrogens is 889 g/mol. The highest BCUT2D eigenvalue weighted by atomic mass is 79.9. The second kappa shape index (κ2) is 18.0. The third-order valence-corrected chi connectivity index (χ3v) is 13.6. The number of hydrogen-bond acceptors (Lipinski definition) is 10. The molecule has 0 amide bonds. The van der Waals surface area contributed by atoms with E-state index in [0.717, 1.165) is 92.6 Å². The third-order valence-electron chi connectivity index (χ3n) is 8.66. The van der Waals surface area contributed by atoms with Gasteiger partial charge in [-0.05, 0) is 72.2 Å². The highest BCUT2D eigenvalue weighted by Gasteiger charge is 2.42. The molecule has 2 aromatic carbocycles. The Labute approximate surface area is 364 Å². The van der Waals surface area contributed by atoms with Crippen LogP contribution in [0.1, 0.15) is 144 Å². The molecule has 0 unspecified atom stereocenters. The molecule has 0 saturated heterocycles. The molecule has 0 fully saturated rings. The summed E-state index contributed by atoms with van der Waals surface area (Å²) in [5.74, 6) is 1.79. The van der Waals surface area contributed by atoms with Crippen molar-refractivity contribution in [1.29, 1.82) is 0 Å². The lowest BCUT2D eigenvalue weighted by Gasteiger charge is -2.33. The lowest BCUT2D eigenvalue weighted by Crippen LogP contribution is -2.26. The van der Waals surface area contributed by atoms with Crippen molar-refractivity contribution < 1.29 is 0 Å². The fourth-order valence-electron chi connectivity index (χ4n) is 6.78. The highest BCUT2D eigenvalue weighted by molar-refractivity contribution is 9.10. The van der Waals surface area contributed by atoms with Crippen LogP contribution in [0, 0.1) is 0 Å². The van der Waals surface area contributed by atoms with Crippen molar-refractivity contribution in [1.82, 2.24) is 29.9 Å². The minimum Gasteiger partial charge on any atom is -0.207 e. The Balaban J connectivity index is 1.39. The smallest absolute Gasteiger partial charge is 0.192 e. The quantitative estimate of drug-likeness (QED) is 0.0901. The van der Waals surface area contributed by atoms with Gasteiger partial charge in [-0.3, -0.25) is 0 Å². The maximum Gasteiger partial charge on any atom is 0.192 e. The molecule has 0 bridgehead atoms. The molecule has 0 atom stereocenters. The summed E-state index contributed by atoms with van der Waals surface area (Å²) >= 11 is 14.6. The van der Waals surface area contributed by atoms with Gasteiger partial charge in [-0.15, -0.1) is 0 Å². The molecule has 5 rings (SSSR count). The minimum absolute atomic E-state index is 0.0192. The van der Waals surface area contributed by atoms with Crippen LogP contribution in [-0.4, -0.2) is 48.9 Å². The van der Waals surface area contributed by atoms with Crippen molar-refractivity contribution in [3.63, 3.8) is 0 Å². The Hall–Kier alpha value is -1.18. The first-order chi connectivity index (χ1) is 25.5. The lowest BCUT2D eigenvalue weighted by atomic mass is 9.70. The second-order valence-electron chi connectivity index (χ2n) is 18.4. The van der Waals surface area contributed by atoms with Crippen molar-refractivity contribution in [3.8, 4) is 11.1 Å². The number of thioether (sulfide) groups is 4. The molecule has 1 aliphatic rings. The van der Waals surface area contributed by atoms with Gasteiger partial charge in [-0.25, -0.2) is 19.9 Å². The molecule has 0 radical (unpaired) electrons. The second-order valence-corrected chi connectivity index (χ2v) is 27.4. The average molecular weight is 947 g/mol. The van der Waals surface area contributed by atoms with Crippen molar-refractivity contribution in [2.75, 3.05) is 0 Å². The molecule has 0 saturated carbocycles. The lowest BCUT2D eigenvalue weighted by molar-refractivity contribution is 0.404. The SMILES string of the molecule is CC(C)(C)Sc1nc(CCCCC2(CCCCc3nc(SC(C)(C)C)nc(SC(C)(C)C)n3)c3cc(Br)ccc3-c3ccc(Br)cc32)nc(SC(C)(C)C)n1. The van der Waals surface area contributed by atoms with E-state index in [1.165, 1.54) is 22.3 Å². The molecule has 2 aromatic heterocycles. The van der Waals surface area contributed by atoms with Crippen LogP contribution in [0.2, 0.25) is 0 Å². The molecule has 0 N–H and O–H groups in total. The Bertz CT molecular complexity index is 1750. The largest absolute Gasteiger partial charge is 0.207 e. The number of aryl methyl sites for hydroxylation is 2. The van der Waals surface area contributed by atoms with E-state index in [9.17, 15) is 0 Å². The predicted octanol–water partition coefficient (Wildman–Crippen LogP) is 14.2. The Morgan fingerprint density at radius 1 is 0.455 bits per heavy atom. The number of unbranched alkanes of at least 4 members (excludes halogenated alkanes) is 2. The van der Waals surface area contributed by atoms with E-state index in [-0.39, 0.29) is 24.4 Å². The normalized spacial score (nSPS) is 14.3. The van der Waals surface area contributed by atoms with E-state index in [4.69, 9.17) is 29.9 Å². The van der Waals surface area contributed by atoms with Crippen molar-refractivity contribution >= 4 is 78.9 Å². The van der Waals surface area contributed by atoms with E-state index in [1.807, 2.05) is 0 Å². The van der Waals surface area contributed by atoms with Crippen molar-refractivity contribution in [2.24, 2.45) is 0 Å². The van der Waals surface area contributed by atoms with E-state index < -0.39 is 0 Å². The molecule has 12 heteroatoms. The zero-order chi connectivity index (χ0) is 40.4. The zero-order valence-corrected chi connectivity index (χ0v) is 41.1. The van der Waals surface area contributed by atoms with Gasteiger partial charge >= 0.3 is 0 Å². The minimum atomic E-state index is -0.114. The van der Waals surface area contributed by atoms with Crippen LogP contribution in [0.4, 0.5) is 0 Å². The fourth-order valence-corrected chi connectivity index (χ4v) is 10.9. The van der Waals surface area contributed by atoms with Crippen LogP contribution in [0.5, 0.6) is 0 Å². The summed E-state index contributed by atoms with van der Waals surface area (Å²) in [6.45, 7) is 26.5. The summed E-state index contributed by atoms with van der Waals surface area (Å²) < 4.78 is 2.32. The molecule has 0 spiro atoms. The Kier molecular flexibility index (Phi) is 14.7. The number of halogens is 2. The summed E-state index contributed by atoms with van der Waals surface area (Å²) in [7, 11) is 0. The molecule has 4 aromatic rings. The molecule has 6 nitrogen and oxygen atoms in total. The van der Waals surface area contributed by atoms with Crippen LogP contribution in [0.3, 0.4) is 0 Å². The first kappa shape index (κ1) is 44.9. The maximum atomic E-state index is 4.97. The van der Waals surface area contributed by atoms with Crippen LogP contribution in [0.15, 0.2) is 66.0 Å². The number of hydrogen-bond donors (Lipinski definition) is 0. The molecular formula is C43H58Br2N6S4. The van der Waals surface area contributed by atoms with Gasteiger partial charge in [-0.1, -0.05) is 187 Å². The summed E-state index contributed by atoms with van der Waals surface area (Å²) in [5.41, 5.74) is 5.44. The van der Waals surface area contributed by atoms with Crippen LogP contribution >= 0.6 is 78.9 Å². The van der Waals surface area contributed by atoms with Gasteiger partial charge in [0.2, 0.25) is 0 Å². The predicted molar refractivity (Wildman–Crippen MR) is 245 cm³/mol. The Morgan fingerprint density at radius 3 is 1.05 bits per heavy atom. The Morgan fingerprint density at radius 2 is 0.764 bits per heavy atom. The molecule has 2 heterocycles. The maximum absolute atomic E-state index is 4.97. The van der Waals surface area contributed by atoms with Gasteiger partial charge in [0.1, 0.15) is 11.6 Å². The first-order valence-electron chi connectivity index (χ1n) is 19.3. The number of nitrogens with zero attached hydrogens (tertiary/aromatic N) is 6. The summed E-state index contributed by atoms with van der Waals surface area (Å²) in [4.78, 5) is 29.6. The van der Waals surface area contributed by atoms with Crippen molar-refractivity contribution in [3.05, 3.63) is 68.1 Å². The van der Waals surface area contributed by atoms with Gasteiger partial charge in [-0.2, -0.15) is 9.97 Å². The van der Waals surface area contributed by atoms with E-state index in [1.54, 1.807) is 47.0 Å². The topological polar surface area (TPSA) is 77.3 Å². The highest BCUT2D eigenvalue weighted by Crippen LogP contribution is 2.55. The van der Waals surface area contributed by atoms with Crippen molar-refractivity contribution in [2.45, 2.75) is 179 Å². The van der Waals surface area contributed by atoms with Crippen LogP contribution in [-0.2, 0) is 18.3 Å². The van der Waals surface area contributed by atoms with Crippen LogP contribution < -0.4 is 0 Å². The number of benzene rings is 2. The molecule has 55 heavy (non-hydrogen) atoms. The fraction of sp³-hybridized carbons (Fsp3) is 0.581. The van der Waals surface area contributed by atoms with Crippen LogP contribution in [0.25, 0.3) is 11.1 Å².